The Morgan fingerprint density at radius 3 is 2.88 bits per heavy atom. The second-order valence-corrected chi connectivity index (χ2v) is 6.99. The quantitative estimate of drug-likeness (QED) is 0.782. The fourth-order valence-electron chi connectivity index (χ4n) is 3.69. The molecule has 4 rings (SSSR count). The van der Waals surface area contributed by atoms with E-state index in [1.807, 2.05) is 48.6 Å². The molecule has 2 aromatic heterocycles. The number of nitrogens with zero attached hydrogens (tertiary/aromatic N) is 4. The molecule has 0 aliphatic carbocycles. The molecule has 0 saturated carbocycles. The summed E-state index contributed by atoms with van der Waals surface area (Å²) in [5, 5.41) is 7.39. The van der Waals surface area contributed by atoms with E-state index in [-0.39, 0.29) is 5.91 Å². The number of hydrogen-bond donors (Lipinski definition) is 1. The van der Waals surface area contributed by atoms with Gasteiger partial charge >= 0.3 is 0 Å². The molecule has 0 unspecified atom stereocenters. The molecule has 130 valence electrons. The number of imidazole rings is 1. The standard InChI is InChI=1S/C19H23N5O/c1-12-9-16(22-21-12)15-5-4-8-24(11-15)19(25)14-6-7-18-17(10-14)20-13(2)23(18)3/h6-7,9-10,15H,4-5,8,11H2,1-3H3,(H,21,22)/t15-/m0/s1. The Hall–Kier alpha value is -2.63. The molecular weight excluding hydrogens is 314 g/mol. The third-order valence-corrected chi connectivity index (χ3v) is 5.20. The number of rotatable bonds is 2. The van der Waals surface area contributed by atoms with Gasteiger partial charge in [-0.05, 0) is 51.0 Å². The van der Waals surface area contributed by atoms with Gasteiger partial charge in [-0.2, -0.15) is 5.10 Å². The average molecular weight is 337 g/mol. The minimum atomic E-state index is 0.0853. The Kier molecular flexibility index (Phi) is 3.82. The fourth-order valence-corrected chi connectivity index (χ4v) is 3.69. The Labute approximate surface area is 146 Å². The first-order valence-corrected chi connectivity index (χ1v) is 8.77. The van der Waals surface area contributed by atoms with E-state index in [0.29, 0.717) is 11.5 Å². The van der Waals surface area contributed by atoms with Crippen LogP contribution in [-0.4, -0.2) is 43.6 Å². The third kappa shape index (κ3) is 2.81. The SMILES string of the molecule is Cc1cc([C@H]2CCCN(C(=O)c3ccc4c(c3)nc(C)n4C)C2)n[nH]1. The number of amides is 1. The maximum Gasteiger partial charge on any atom is 0.253 e. The van der Waals surface area contributed by atoms with Crippen molar-refractivity contribution in [1.29, 1.82) is 0 Å². The van der Waals surface area contributed by atoms with Crippen LogP contribution in [0, 0.1) is 13.8 Å². The molecule has 3 heterocycles. The van der Waals surface area contributed by atoms with Gasteiger partial charge in [0.25, 0.3) is 5.91 Å². The van der Waals surface area contributed by atoms with Gasteiger partial charge in [-0.1, -0.05) is 0 Å². The zero-order valence-electron chi connectivity index (χ0n) is 14.9. The lowest BCUT2D eigenvalue weighted by Crippen LogP contribution is -2.39. The van der Waals surface area contributed by atoms with Crippen LogP contribution in [0.2, 0.25) is 0 Å². The normalized spacial score (nSPS) is 18.0. The molecule has 0 bridgehead atoms. The summed E-state index contributed by atoms with van der Waals surface area (Å²) in [4.78, 5) is 19.5. The summed E-state index contributed by atoms with van der Waals surface area (Å²) in [7, 11) is 1.99. The monoisotopic (exact) mass is 337 g/mol. The summed E-state index contributed by atoms with van der Waals surface area (Å²) in [6, 6.07) is 7.89. The fraction of sp³-hybridized carbons (Fsp3) is 0.421. The van der Waals surface area contributed by atoms with Crippen LogP contribution < -0.4 is 0 Å². The second kappa shape index (κ2) is 6.02. The van der Waals surface area contributed by atoms with Crippen molar-refractivity contribution in [3.8, 4) is 0 Å². The lowest BCUT2D eigenvalue weighted by atomic mass is 9.94. The van der Waals surface area contributed by atoms with Gasteiger partial charge in [0.1, 0.15) is 5.82 Å². The van der Waals surface area contributed by atoms with Crippen molar-refractivity contribution in [2.75, 3.05) is 13.1 Å². The van der Waals surface area contributed by atoms with Crippen LogP contribution in [0.1, 0.15) is 46.3 Å². The number of carbonyl (C=O) groups excluding carboxylic acids is 1. The molecule has 6 heteroatoms. The van der Waals surface area contributed by atoms with E-state index in [1.165, 1.54) is 0 Å². The Morgan fingerprint density at radius 2 is 2.12 bits per heavy atom. The summed E-state index contributed by atoms with van der Waals surface area (Å²) in [5.74, 6) is 1.34. The van der Waals surface area contributed by atoms with Crippen LogP contribution in [0.25, 0.3) is 11.0 Å². The smallest absolute Gasteiger partial charge is 0.253 e. The molecule has 1 saturated heterocycles. The van der Waals surface area contributed by atoms with Crippen LogP contribution in [0.4, 0.5) is 0 Å². The number of carbonyl (C=O) groups is 1. The number of nitrogens with one attached hydrogen (secondary N) is 1. The first kappa shape index (κ1) is 15.9. The maximum atomic E-state index is 13.0. The predicted octanol–water partition coefficient (Wildman–Crippen LogP) is 2.93. The highest BCUT2D eigenvalue weighted by Gasteiger charge is 2.27. The number of aromatic amines is 1. The average Bonchev–Trinajstić information content (AvgIpc) is 3.18. The van der Waals surface area contributed by atoms with Crippen LogP contribution in [0.15, 0.2) is 24.3 Å². The largest absolute Gasteiger partial charge is 0.338 e. The number of H-pyrrole nitrogens is 1. The minimum absolute atomic E-state index is 0.0853. The maximum absolute atomic E-state index is 13.0. The van der Waals surface area contributed by atoms with E-state index >= 15 is 0 Å². The van der Waals surface area contributed by atoms with Crippen molar-refractivity contribution >= 4 is 16.9 Å². The lowest BCUT2D eigenvalue weighted by molar-refractivity contribution is 0.0706. The molecule has 1 atom stereocenters. The molecule has 6 nitrogen and oxygen atoms in total. The summed E-state index contributed by atoms with van der Waals surface area (Å²) in [6.45, 7) is 5.51. The Bertz CT molecular complexity index is 939. The zero-order chi connectivity index (χ0) is 17.6. The highest BCUT2D eigenvalue weighted by atomic mass is 16.2. The number of hydrogen-bond acceptors (Lipinski definition) is 3. The molecule has 1 fully saturated rings. The summed E-state index contributed by atoms with van der Waals surface area (Å²) in [5.41, 5.74) is 4.77. The highest BCUT2D eigenvalue weighted by molar-refractivity contribution is 5.97. The van der Waals surface area contributed by atoms with E-state index < -0.39 is 0 Å². The highest BCUT2D eigenvalue weighted by Crippen LogP contribution is 2.27. The van der Waals surface area contributed by atoms with Crippen LogP contribution in [0.5, 0.6) is 0 Å². The summed E-state index contributed by atoms with van der Waals surface area (Å²) in [6.07, 6.45) is 2.08. The number of aryl methyl sites for hydroxylation is 3. The molecule has 0 radical (unpaired) electrons. The van der Waals surface area contributed by atoms with E-state index in [2.05, 4.69) is 21.2 Å². The third-order valence-electron chi connectivity index (χ3n) is 5.20. The van der Waals surface area contributed by atoms with Crippen molar-refractivity contribution in [3.63, 3.8) is 0 Å². The molecule has 25 heavy (non-hydrogen) atoms. The Balaban J connectivity index is 1.57. The summed E-state index contributed by atoms with van der Waals surface area (Å²) < 4.78 is 2.04. The molecule has 0 spiro atoms. The van der Waals surface area contributed by atoms with Crippen molar-refractivity contribution in [3.05, 3.63) is 47.0 Å². The number of piperidine rings is 1. The molecule has 1 N–H and O–H groups in total. The van der Waals surface area contributed by atoms with Crippen molar-refractivity contribution in [2.45, 2.75) is 32.6 Å². The van der Waals surface area contributed by atoms with Gasteiger partial charge < -0.3 is 9.47 Å². The molecular formula is C19H23N5O. The topological polar surface area (TPSA) is 66.8 Å². The molecule has 1 aliphatic heterocycles. The van der Waals surface area contributed by atoms with Gasteiger partial charge in [0.05, 0.1) is 16.7 Å². The van der Waals surface area contributed by atoms with Crippen LogP contribution >= 0.6 is 0 Å². The molecule has 1 amide bonds. The van der Waals surface area contributed by atoms with Crippen LogP contribution in [-0.2, 0) is 7.05 Å². The molecule has 1 aromatic carbocycles. The molecule has 1 aliphatic rings. The van der Waals surface area contributed by atoms with Gasteiger partial charge in [0, 0.05) is 37.3 Å². The van der Waals surface area contributed by atoms with Gasteiger partial charge in [-0.25, -0.2) is 4.98 Å². The number of fused-ring (bicyclic) bond motifs is 1. The van der Waals surface area contributed by atoms with E-state index in [4.69, 9.17) is 0 Å². The van der Waals surface area contributed by atoms with E-state index in [1.54, 1.807) is 0 Å². The number of benzene rings is 1. The van der Waals surface area contributed by atoms with E-state index in [0.717, 1.165) is 54.2 Å². The van der Waals surface area contributed by atoms with Gasteiger partial charge in [0.15, 0.2) is 0 Å². The molecule has 3 aromatic rings. The predicted molar refractivity (Wildman–Crippen MR) is 96.7 cm³/mol. The van der Waals surface area contributed by atoms with Crippen molar-refractivity contribution < 1.29 is 4.79 Å². The second-order valence-electron chi connectivity index (χ2n) is 6.99. The number of aromatic nitrogens is 4. The van der Waals surface area contributed by atoms with Crippen LogP contribution in [0.3, 0.4) is 0 Å². The van der Waals surface area contributed by atoms with Crippen molar-refractivity contribution in [1.82, 2.24) is 24.6 Å². The van der Waals surface area contributed by atoms with Gasteiger partial charge in [0.2, 0.25) is 0 Å². The van der Waals surface area contributed by atoms with Gasteiger partial charge in [-0.15, -0.1) is 0 Å². The zero-order valence-corrected chi connectivity index (χ0v) is 14.9. The number of likely N-dealkylation sites (tertiary alicyclic amines) is 1. The first-order chi connectivity index (χ1) is 12.0. The lowest BCUT2D eigenvalue weighted by Gasteiger charge is -2.32. The van der Waals surface area contributed by atoms with Gasteiger partial charge in [-0.3, -0.25) is 9.89 Å². The van der Waals surface area contributed by atoms with E-state index in [9.17, 15) is 4.79 Å². The Morgan fingerprint density at radius 1 is 1.28 bits per heavy atom. The first-order valence-electron chi connectivity index (χ1n) is 8.77. The van der Waals surface area contributed by atoms with Crippen molar-refractivity contribution in [2.24, 2.45) is 7.05 Å². The summed E-state index contributed by atoms with van der Waals surface area (Å²) >= 11 is 0. The minimum Gasteiger partial charge on any atom is -0.338 e.